The van der Waals surface area contributed by atoms with Crippen LogP contribution in [-0.4, -0.2) is 25.5 Å². The van der Waals surface area contributed by atoms with Gasteiger partial charge in [-0.3, -0.25) is 0 Å². The van der Waals surface area contributed by atoms with Crippen molar-refractivity contribution in [2.45, 2.75) is 64.7 Å². The summed E-state index contributed by atoms with van der Waals surface area (Å²) in [5.74, 6) is 0.0122. The molecule has 0 aromatic heterocycles. The van der Waals surface area contributed by atoms with Crippen LogP contribution < -0.4 is 5.32 Å². The van der Waals surface area contributed by atoms with Crippen LogP contribution in [0.15, 0.2) is 24.3 Å². The van der Waals surface area contributed by atoms with Gasteiger partial charge in [-0.2, -0.15) is 0 Å². The van der Waals surface area contributed by atoms with E-state index < -0.39 is 26.9 Å². The first-order valence-corrected chi connectivity index (χ1v) is 9.87. The molecule has 0 heterocycles. The molecule has 1 aromatic rings. The number of carbonyl (C=O) groups is 1. The topological polar surface area (TPSA) is 72.5 Å². The summed E-state index contributed by atoms with van der Waals surface area (Å²) in [5.41, 5.74) is 1.11. The molecule has 1 aromatic carbocycles. The molecule has 0 radical (unpaired) electrons. The molecule has 24 heavy (non-hydrogen) atoms. The summed E-state index contributed by atoms with van der Waals surface area (Å²) < 4.78 is 30.7. The Morgan fingerprint density at radius 1 is 1.17 bits per heavy atom. The maximum atomic E-state index is 12.8. The lowest BCUT2D eigenvalue weighted by atomic mass is 10.1. The van der Waals surface area contributed by atoms with Crippen LogP contribution in [0.4, 0.5) is 4.79 Å². The van der Waals surface area contributed by atoms with E-state index in [1.807, 2.05) is 32.9 Å². The molecule has 0 aliphatic carbocycles. The van der Waals surface area contributed by atoms with Crippen LogP contribution in [0.5, 0.6) is 0 Å². The van der Waals surface area contributed by atoms with Crippen molar-refractivity contribution >= 4 is 15.9 Å². The van der Waals surface area contributed by atoms with E-state index >= 15 is 0 Å². The first-order valence-electron chi connectivity index (χ1n) is 8.15. The third-order valence-corrected chi connectivity index (χ3v) is 5.20. The number of aryl methyl sites for hydroxylation is 1. The normalized spacial score (nSPS) is 13.6. The molecular formula is C18H29NO4S. The molecule has 0 aliphatic rings. The van der Waals surface area contributed by atoms with Crippen LogP contribution in [0.2, 0.25) is 0 Å². The first kappa shape index (κ1) is 20.5. The van der Waals surface area contributed by atoms with Gasteiger partial charge in [0.25, 0.3) is 0 Å². The highest BCUT2D eigenvalue weighted by molar-refractivity contribution is 7.91. The van der Waals surface area contributed by atoms with Crippen LogP contribution in [0, 0.1) is 12.8 Å². The lowest BCUT2D eigenvalue weighted by Crippen LogP contribution is -2.44. The maximum absolute atomic E-state index is 12.8. The average molecular weight is 356 g/mol. The molecule has 0 saturated heterocycles. The summed E-state index contributed by atoms with van der Waals surface area (Å²) in [6.45, 7) is 11.0. The van der Waals surface area contributed by atoms with Crippen molar-refractivity contribution in [1.29, 1.82) is 0 Å². The SMILES string of the molecule is Cc1ccc(CS(=O)(=O)C(CC(C)C)NC(=O)OC(C)(C)C)cc1. The first-order chi connectivity index (χ1) is 10.9. The predicted molar refractivity (Wildman–Crippen MR) is 96.4 cm³/mol. The van der Waals surface area contributed by atoms with Crippen molar-refractivity contribution in [2.24, 2.45) is 5.92 Å². The van der Waals surface area contributed by atoms with E-state index in [2.05, 4.69) is 5.32 Å². The van der Waals surface area contributed by atoms with Crippen molar-refractivity contribution in [1.82, 2.24) is 5.32 Å². The third kappa shape index (κ3) is 7.34. The minimum absolute atomic E-state index is 0.111. The van der Waals surface area contributed by atoms with Gasteiger partial charge in [0.15, 0.2) is 9.84 Å². The molecular weight excluding hydrogens is 326 g/mol. The zero-order chi connectivity index (χ0) is 18.5. The summed E-state index contributed by atoms with van der Waals surface area (Å²) in [6.07, 6.45) is -0.367. The fourth-order valence-electron chi connectivity index (χ4n) is 2.18. The van der Waals surface area contributed by atoms with Crippen molar-refractivity contribution in [2.75, 3.05) is 0 Å². The highest BCUT2D eigenvalue weighted by Crippen LogP contribution is 2.18. The fraction of sp³-hybridized carbons (Fsp3) is 0.611. The molecule has 1 unspecified atom stereocenters. The van der Waals surface area contributed by atoms with E-state index in [1.54, 1.807) is 32.9 Å². The Labute approximate surface area is 145 Å². The van der Waals surface area contributed by atoms with Crippen LogP contribution in [0.3, 0.4) is 0 Å². The van der Waals surface area contributed by atoms with Gasteiger partial charge in [0, 0.05) is 0 Å². The van der Waals surface area contributed by atoms with Crippen LogP contribution in [-0.2, 0) is 20.3 Å². The molecule has 0 saturated carbocycles. The molecule has 5 nitrogen and oxygen atoms in total. The Morgan fingerprint density at radius 3 is 2.17 bits per heavy atom. The largest absolute Gasteiger partial charge is 0.444 e. The van der Waals surface area contributed by atoms with E-state index in [-0.39, 0.29) is 11.7 Å². The molecule has 0 aliphatic heterocycles. The Balaban J connectivity index is 2.92. The summed E-state index contributed by atoms with van der Waals surface area (Å²) in [4.78, 5) is 12.0. The number of ether oxygens (including phenoxy) is 1. The van der Waals surface area contributed by atoms with E-state index in [1.165, 1.54) is 0 Å². The van der Waals surface area contributed by atoms with E-state index in [4.69, 9.17) is 4.74 Å². The van der Waals surface area contributed by atoms with Gasteiger partial charge in [-0.05, 0) is 45.6 Å². The number of nitrogens with one attached hydrogen (secondary N) is 1. The van der Waals surface area contributed by atoms with Crippen LogP contribution in [0.25, 0.3) is 0 Å². The van der Waals surface area contributed by atoms with Gasteiger partial charge in [-0.15, -0.1) is 0 Å². The minimum Gasteiger partial charge on any atom is -0.444 e. The molecule has 1 N–H and O–H groups in total. The fourth-order valence-corrected chi connectivity index (χ4v) is 3.99. The smallest absolute Gasteiger partial charge is 0.408 e. The predicted octanol–water partition coefficient (Wildman–Crippen LogP) is 3.81. The lowest BCUT2D eigenvalue weighted by Gasteiger charge is -2.24. The Morgan fingerprint density at radius 2 is 1.71 bits per heavy atom. The second-order valence-corrected chi connectivity index (χ2v) is 9.74. The van der Waals surface area contributed by atoms with E-state index in [0.717, 1.165) is 5.56 Å². The van der Waals surface area contributed by atoms with Gasteiger partial charge >= 0.3 is 6.09 Å². The standard InChI is InChI=1S/C18H29NO4S/c1-13(2)11-16(19-17(20)23-18(4,5)6)24(21,22)12-15-9-7-14(3)8-10-15/h7-10,13,16H,11-12H2,1-6H3,(H,19,20). The summed E-state index contributed by atoms with van der Waals surface area (Å²) in [5, 5.41) is 1.56. The lowest BCUT2D eigenvalue weighted by molar-refractivity contribution is 0.0516. The van der Waals surface area contributed by atoms with Gasteiger partial charge in [-0.1, -0.05) is 43.7 Å². The zero-order valence-electron chi connectivity index (χ0n) is 15.4. The van der Waals surface area contributed by atoms with Crippen molar-refractivity contribution in [3.8, 4) is 0 Å². The number of sulfone groups is 1. The van der Waals surface area contributed by atoms with Gasteiger partial charge in [0.05, 0.1) is 5.75 Å². The number of rotatable bonds is 6. The number of benzene rings is 1. The highest BCUT2D eigenvalue weighted by atomic mass is 32.2. The minimum atomic E-state index is -3.55. The third-order valence-electron chi connectivity index (χ3n) is 3.29. The molecule has 1 amide bonds. The molecule has 136 valence electrons. The number of hydrogen-bond acceptors (Lipinski definition) is 4. The van der Waals surface area contributed by atoms with E-state index in [9.17, 15) is 13.2 Å². The van der Waals surface area contributed by atoms with Crippen molar-refractivity contribution in [3.63, 3.8) is 0 Å². The van der Waals surface area contributed by atoms with Gasteiger partial charge in [0.2, 0.25) is 0 Å². The molecule has 1 rings (SSSR count). The summed E-state index contributed by atoms with van der Waals surface area (Å²) in [6, 6.07) is 7.35. The molecule has 6 heteroatoms. The Bertz CT molecular complexity index is 643. The molecule has 0 spiro atoms. The maximum Gasteiger partial charge on any atom is 0.408 e. The number of amides is 1. The van der Waals surface area contributed by atoms with E-state index in [0.29, 0.717) is 12.0 Å². The van der Waals surface area contributed by atoms with Crippen LogP contribution >= 0.6 is 0 Å². The second kappa shape index (κ2) is 8.01. The quantitative estimate of drug-likeness (QED) is 0.842. The zero-order valence-corrected chi connectivity index (χ0v) is 16.2. The van der Waals surface area contributed by atoms with Gasteiger partial charge < -0.3 is 10.1 Å². The summed E-state index contributed by atoms with van der Waals surface area (Å²) >= 11 is 0. The second-order valence-electron chi connectivity index (χ2n) is 7.56. The number of carbonyl (C=O) groups excluding carboxylic acids is 1. The monoisotopic (exact) mass is 355 g/mol. The van der Waals surface area contributed by atoms with Gasteiger partial charge in [-0.25, -0.2) is 13.2 Å². The summed E-state index contributed by atoms with van der Waals surface area (Å²) in [7, 11) is -3.55. The van der Waals surface area contributed by atoms with Crippen molar-refractivity contribution < 1.29 is 17.9 Å². The number of alkyl carbamates (subject to hydrolysis) is 1. The van der Waals surface area contributed by atoms with Gasteiger partial charge in [0.1, 0.15) is 11.0 Å². The highest BCUT2D eigenvalue weighted by Gasteiger charge is 2.30. The molecule has 0 bridgehead atoms. The molecule has 0 fully saturated rings. The average Bonchev–Trinajstić information content (AvgIpc) is 2.37. The van der Waals surface area contributed by atoms with Crippen LogP contribution in [0.1, 0.15) is 52.2 Å². The van der Waals surface area contributed by atoms with Crippen molar-refractivity contribution in [3.05, 3.63) is 35.4 Å². The Kier molecular flexibility index (Phi) is 6.84. The number of hydrogen-bond donors (Lipinski definition) is 1. The Hall–Kier alpha value is -1.56. The molecule has 1 atom stereocenters.